The third kappa shape index (κ3) is 4.32. The van der Waals surface area contributed by atoms with Gasteiger partial charge in [0.1, 0.15) is 16.9 Å². The van der Waals surface area contributed by atoms with Crippen molar-refractivity contribution in [1.29, 1.82) is 0 Å². The van der Waals surface area contributed by atoms with Crippen LogP contribution in [0.15, 0.2) is 82.2 Å². The molecule has 30 heavy (non-hydrogen) atoms. The van der Waals surface area contributed by atoms with Crippen LogP contribution < -0.4 is 15.6 Å². The van der Waals surface area contributed by atoms with E-state index in [0.717, 1.165) is 5.39 Å². The maximum Gasteiger partial charge on any atom is 0.261 e. The number of nitrogens with one attached hydrogen (secondary N) is 1. The van der Waals surface area contributed by atoms with E-state index in [4.69, 9.17) is 32.4 Å². The molecule has 0 aliphatic carbocycles. The minimum Gasteiger partial charge on any atom is -0.495 e. The molecule has 0 saturated heterocycles. The number of nitrogens with zero attached hydrogens (tertiary/aromatic N) is 1. The van der Waals surface area contributed by atoms with E-state index >= 15 is 0 Å². The molecule has 0 bridgehead atoms. The van der Waals surface area contributed by atoms with E-state index in [9.17, 15) is 4.79 Å². The first-order valence-electron chi connectivity index (χ1n) is 9.01. The lowest BCUT2D eigenvalue weighted by Crippen LogP contribution is -2.21. The van der Waals surface area contributed by atoms with Crippen LogP contribution in [0.5, 0.6) is 5.75 Å². The summed E-state index contributed by atoms with van der Waals surface area (Å²) < 4.78 is 11.1. The number of carbonyl (C=O) groups excluding carboxylic acids is 1. The van der Waals surface area contributed by atoms with E-state index in [0.29, 0.717) is 32.8 Å². The minimum absolute atomic E-state index is 0.168. The van der Waals surface area contributed by atoms with Crippen LogP contribution in [0.3, 0.4) is 0 Å². The lowest BCUT2D eigenvalue weighted by Gasteiger charge is -2.07. The molecule has 1 heterocycles. The first kappa shape index (κ1) is 20.0. The van der Waals surface area contributed by atoms with Gasteiger partial charge in [-0.25, -0.2) is 4.99 Å². The van der Waals surface area contributed by atoms with E-state index in [1.807, 2.05) is 24.3 Å². The smallest absolute Gasteiger partial charge is 0.261 e. The second-order valence-corrected chi connectivity index (χ2v) is 7.24. The van der Waals surface area contributed by atoms with Gasteiger partial charge in [0.15, 0.2) is 0 Å². The Bertz CT molecular complexity index is 1300. The summed E-state index contributed by atoms with van der Waals surface area (Å²) in [4.78, 5) is 17.5. The van der Waals surface area contributed by atoms with Gasteiger partial charge in [-0.15, -0.1) is 0 Å². The lowest BCUT2D eigenvalue weighted by atomic mass is 10.1. The van der Waals surface area contributed by atoms with Crippen LogP contribution in [0.4, 0.5) is 11.4 Å². The average molecular weight is 439 g/mol. The highest BCUT2D eigenvalue weighted by atomic mass is 35.5. The first-order chi connectivity index (χ1) is 14.5. The number of rotatable bonds is 4. The third-order valence-electron chi connectivity index (χ3n) is 4.37. The Balaban J connectivity index is 1.82. The Morgan fingerprint density at radius 3 is 2.50 bits per heavy atom. The van der Waals surface area contributed by atoms with Gasteiger partial charge in [0, 0.05) is 16.1 Å². The Labute approximate surface area is 182 Å². The summed E-state index contributed by atoms with van der Waals surface area (Å²) in [5.74, 6) is 0.178. The molecular weight excluding hydrogens is 423 g/mol. The highest BCUT2D eigenvalue weighted by Gasteiger charge is 2.13. The van der Waals surface area contributed by atoms with Crippen molar-refractivity contribution >= 4 is 51.5 Å². The molecule has 4 aromatic rings. The summed E-state index contributed by atoms with van der Waals surface area (Å²) in [6.07, 6.45) is 0. The molecule has 0 unspecified atom stereocenters. The molecule has 4 rings (SSSR count). The normalized spacial score (nSPS) is 11.5. The van der Waals surface area contributed by atoms with Crippen molar-refractivity contribution in [3.05, 3.63) is 94.0 Å². The molecule has 1 aromatic heterocycles. The van der Waals surface area contributed by atoms with Crippen LogP contribution in [-0.4, -0.2) is 13.0 Å². The number of carbonyl (C=O) groups is 1. The van der Waals surface area contributed by atoms with Gasteiger partial charge < -0.3 is 14.5 Å². The molecule has 1 N–H and O–H groups in total. The number of anilines is 1. The van der Waals surface area contributed by atoms with Crippen molar-refractivity contribution in [2.45, 2.75) is 0 Å². The molecule has 150 valence electrons. The summed E-state index contributed by atoms with van der Waals surface area (Å²) >= 11 is 12.1. The summed E-state index contributed by atoms with van der Waals surface area (Å²) in [5, 5.41) is 4.62. The second kappa shape index (κ2) is 8.61. The summed E-state index contributed by atoms with van der Waals surface area (Å²) in [5.41, 5.74) is 2.20. The number of halogens is 2. The zero-order chi connectivity index (χ0) is 21.1. The van der Waals surface area contributed by atoms with Crippen LogP contribution in [0.2, 0.25) is 10.0 Å². The molecule has 0 aliphatic rings. The van der Waals surface area contributed by atoms with Crippen molar-refractivity contribution in [2.24, 2.45) is 4.99 Å². The highest BCUT2D eigenvalue weighted by molar-refractivity contribution is 6.32. The fourth-order valence-electron chi connectivity index (χ4n) is 2.89. The maximum atomic E-state index is 13.0. The number of benzene rings is 3. The zero-order valence-corrected chi connectivity index (χ0v) is 17.4. The predicted octanol–water partition coefficient (Wildman–Crippen LogP) is 6.23. The minimum atomic E-state index is -0.356. The molecule has 0 aliphatic heterocycles. The summed E-state index contributed by atoms with van der Waals surface area (Å²) in [6, 6.07) is 21.1. The molecule has 3 aromatic carbocycles. The van der Waals surface area contributed by atoms with Crippen molar-refractivity contribution < 1.29 is 13.9 Å². The van der Waals surface area contributed by atoms with Gasteiger partial charge in [-0.1, -0.05) is 41.4 Å². The Morgan fingerprint density at radius 2 is 1.77 bits per heavy atom. The van der Waals surface area contributed by atoms with Gasteiger partial charge in [0.05, 0.1) is 17.8 Å². The molecule has 0 saturated carbocycles. The number of fused-ring (bicyclic) bond motifs is 1. The Morgan fingerprint density at radius 1 is 1.00 bits per heavy atom. The summed E-state index contributed by atoms with van der Waals surface area (Å²) in [7, 11) is 1.54. The van der Waals surface area contributed by atoms with Gasteiger partial charge in [-0.2, -0.15) is 0 Å². The van der Waals surface area contributed by atoms with Gasteiger partial charge in [0.25, 0.3) is 5.91 Å². The van der Waals surface area contributed by atoms with Crippen molar-refractivity contribution in [3.8, 4) is 5.75 Å². The Kier molecular flexibility index (Phi) is 5.74. The number of ether oxygens (including phenoxy) is 1. The molecular formula is C23H16Cl2N2O3. The molecule has 0 spiro atoms. The maximum absolute atomic E-state index is 13.0. The van der Waals surface area contributed by atoms with Crippen LogP contribution >= 0.6 is 23.2 Å². The number of para-hydroxylation sites is 1. The van der Waals surface area contributed by atoms with Gasteiger partial charge in [-0.3, -0.25) is 4.79 Å². The van der Waals surface area contributed by atoms with Gasteiger partial charge in [0.2, 0.25) is 5.55 Å². The highest BCUT2D eigenvalue weighted by Crippen LogP contribution is 2.28. The fourth-order valence-corrected chi connectivity index (χ4v) is 3.27. The fraction of sp³-hybridized carbons (Fsp3) is 0.0435. The molecule has 7 heteroatoms. The zero-order valence-electron chi connectivity index (χ0n) is 15.9. The lowest BCUT2D eigenvalue weighted by molar-refractivity contribution is 0.102. The third-order valence-corrected chi connectivity index (χ3v) is 4.92. The van der Waals surface area contributed by atoms with E-state index in [1.165, 1.54) is 7.11 Å². The van der Waals surface area contributed by atoms with E-state index in [-0.39, 0.29) is 17.0 Å². The van der Waals surface area contributed by atoms with Crippen LogP contribution in [-0.2, 0) is 0 Å². The molecule has 1 amide bonds. The van der Waals surface area contributed by atoms with Crippen LogP contribution in [0.25, 0.3) is 11.0 Å². The van der Waals surface area contributed by atoms with Crippen LogP contribution in [0, 0.1) is 0 Å². The molecule has 0 atom stereocenters. The largest absolute Gasteiger partial charge is 0.495 e. The van der Waals surface area contributed by atoms with E-state index < -0.39 is 0 Å². The number of amides is 1. The van der Waals surface area contributed by atoms with Gasteiger partial charge in [-0.05, 0) is 54.6 Å². The Hall–Kier alpha value is -3.28. The number of methoxy groups -OCH3 is 1. The van der Waals surface area contributed by atoms with Crippen LogP contribution in [0.1, 0.15) is 10.4 Å². The molecule has 5 nitrogen and oxygen atoms in total. The molecule has 0 fully saturated rings. The monoisotopic (exact) mass is 438 g/mol. The first-order valence-corrected chi connectivity index (χ1v) is 9.77. The van der Waals surface area contributed by atoms with Crippen molar-refractivity contribution in [3.63, 3.8) is 0 Å². The topological polar surface area (TPSA) is 63.8 Å². The van der Waals surface area contributed by atoms with Gasteiger partial charge >= 0.3 is 0 Å². The van der Waals surface area contributed by atoms with Crippen molar-refractivity contribution in [1.82, 2.24) is 0 Å². The average Bonchev–Trinajstić information content (AvgIpc) is 2.75. The van der Waals surface area contributed by atoms with E-state index in [1.54, 1.807) is 48.5 Å². The summed E-state index contributed by atoms with van der Waals surface area (Å²) in [6.45, 7) is 0. The van der Waals surface area contributed by atoms with E-state index in [2.05, 4.69) is 10.3 Å². The number of hydrogen-bond donors (Lipinski definition) is 1. The van der Waals surface area contributed by atoms with Crippen molar-refractivity contribution in [2.75, 3.05) is 12.4 Å². The quantitative estimate of drug-likeness (QED) is 0.410. The number of hydrogen-bond acceptors (Lipinski definition) is 4. The molecule has 0 radical (unpaired) electrons. The predicted molar refractivity (Wildman–Crippen MR) is 119 cm³/mol. The SMILES string of the molecule is COc1ccc(N=c2oc3ccccc3cc2C(=O)Nc2ccc(Cl)cc2)cc1Cl. The second-order valence-electron chi connectivity index (χ2n) is 6.39. The standard InChI is InChI=1S/C23H16Cl2N2O3/c1-29-21-11-10-17(13-19(21)25)27-23-18(12-14-4-2-3-5-20(14)30-23)22(28)26-16-8-6-15(24)7-9-16/h2-13H,1H3,(H,26,28).